The number of nitrogens with zero attached hydrogens (tertiary/aromatic N) is 3. The molecule has 2 aromatic rings. The number of rotatable bonds is 4. The van der Waals surface area contributed by atoms with Gasteiger partial charge in [-0.2, -0.15) is 0 Å². The van der Waals surface area contributed by atoms with Crippen LogP contribution in [0.1, 0.15) is 42.7 Å². The summed E-state index contributed by atoms with van der Waals surface area (Å²) in [5, 5.41) is 7.56. The lowest BCUT2D eigenvalue weighted by molar-refractivity contribution is 0.367. The first-order chi connectivity index (χ1) is 10.8. The van der Waals surface area contributed by atoms with Crippen LogP contribution in [-0.4, -0.2) is 22.0 Å². The van der Waals surface area contributed by atoms with Crippen LogP contribution < -0.4 is 5.32 Å². The fourth-order valence-electron chi connectivity index (χ4n) is 2.86. The predicted octanol–water partition coefficient (Wildman–Crippen LogP) is 4.29. The fraction of sp³-hybridized carbons (Fsp3) is 0.471. The van der Waals surface area contributed by atoms with E-state index in [1.54, 1.807) is 0 Å². The van der Waals surface area contributed by atoms with Crippen LogP contribution in [0.3, 0.4) is 0 Å². The molecule has 5 heteroatoms. The van der Waals surface area contributed by atoms with Gasteiger partial charge in [0.25, 0.3) is 0 Å². The minimum Gasteiger partial charge on any atom is -0.339 e. The van der Waals surface area contributed by atoms with Gasteiger partial charge in [0, 0.05) is 12.2 Å². The molecule has 0 amide bonds. The molecule has 0 aliphatic heterocycles. The molecule has 4 nitrogen and oxygen atoms in total. The zero-order valence-electron chi connectivity index (χ0n) is 13.0. The number of benzene rings is 1. The largest absolute Gasteiger partial charge is 0.339 e. The summed E-state index contributed by atoms with van der Waals surface area (Å²) in [5.74, 6) is 1.63. The van der Waals surface area contributed by atoms with Gasteiger partial charge in [0.1, 0.15) is 10.7 Å². The molecule has 1 saturated carbocycles. The summed E-state index contributed by atoms with van der Waals surface area (Å²) >= 11 is 1.41. The Hall–Kier alpha value is -1.75. The quantitative estimate of drug-likeness (QED) is 0.676. The first-order valence-electron chi connectivity index (χ1n) is 7.99. The van der Waals surface area contributed by atoms with Crippen LogP contribution in [0.2, 0.25) is 0 Å². The van der Waals surface area contributed by atoms with Gasteiger partial charge in [-0.3, -0.25) is 4.99 Å². The maximum atomic E-state index is 4.88. The molecule has 0 radical (unpaired) electrons. The molecule has 1 aliphatic rings. The number of para-hydroxylation sites is 1. The average molecular weight is 314 g/mol. The first-order valence-corrected chi connectivity index (χ1v) is 8.76. The Morgan fingerprint density at radius 3 is 2.68 bits per heavy atom. The Balaban J connectivity index is 1.78. The highest BCUT2D eigenvalue weighted by Crippen LogP contribution is 2.24. The molecular weight excluding hydrogens is 292 g/mol. The molecule has 0 spiro atoms. The van der Waals surface area contributed by atoms with Crippen LogP contribution >= 0.6 is 11.5 Å². The van der Waals surface area contributed by atoms with Crippen molar-refractivity contribution in [2.75, 3.05) is 11.9 Å². The molecule has 1 fully saturated rings. The first kappa shape index (κ1) is 15.2. The van der Waals surface area contributed by atoms with Gasteiger partial charge in [-0.05, 0) is 49.3 Å². The Morgan fingerprint density at radius 1 is 1.23 bits per heavy atom. The summed E-state index contributed by atoms with van der Waals surface area (Å²) in [7, 11) is 0. The molecule has 0 unspecified atom stereocenters. The lowest BCUT2D eigenvalue weighted by atomic mass is 9.89. The van der Waals surface area contributed by atoms with Crippen molar-refractivity contribution in [1.29, 1.82) is 0 Å². The highest BCUT2D eigenvalue weighted by atomic mass is 32.1. The monoisotopic (exact) mass is 314 g/mol. The van der Waals surface area contributed by atoms with Gasteiger partial charge in [-0.1, -0.05) is 41.9 Å². The van der Waals surface area contributed by atoms with E-state index in [-0.39, 0.29) is 0 Å². The number of hydrogen-bond acceptors (Lipinski definition) is 4. The molecule has 22 heavy (non-hydrogen) atoms. The van der Waals surface area contributed by atoms with E-state index in [0.717, 1.165) is 34.6 Å². The van der Waals surface area contributed by atoms with Gasteiger partial charge < -0.3 is 5.32 Å². The molecule has 1 heterocycles. The summed E-state index contributed by atoms with van der Waals surface area (Å²) in [6.07, 6.45) is 6.70. The van der Waals surface area contributed by atoms with Gasteiger partial charge in [-0.25, -0.2) is 0 Å². The van der Waals surface area contributed by atoms with E-state index in [9.17, 15) is 0 Å². The Morgan fingerprint density at radius 2 is 2.00 bits per heavy atom. The number of anilines is 1. The number of amidine groups is 1. The standard InChI is InChI=1S/C17H22N4S/c1-13-16(22-21-20-13)17(19-15-10-6-3-7-11-15)18-12-14-8-4-2-5-9-14/h3,6-7,10-11,14H,2,4-5,8-9,12H2,1H3,(H,18,19). The Labute approximate surface area is 135 Å². The van der Waals surface area contributed by atoms with Gasteiger partial charge in [0.05, 0.1) is 5.69 Å². The van der Waals surface area contributed by atoms with E-state index in [0.29, 0.717) is 0 Å². The summed E-state index contributed by atoms with van der Waals surface area (Å²) in [6.45, 7) is 2.88. The van der Waals surface area contributed by atoms with Crippen LogP contribution in [0.5, 0.6) is 0 Å². The van der Waals surface area contributed by atoms with E-state index in [4.69, 9.17) is 4.99 Å². The summed E-state index contributed by atoms with van der Waals surface area (Å²) in [4.78, 5) is 5.92. The molecule has 1 aromatic heterocycles. The van der Waals surface area contributed by atoms with E-state index in [1.165, 1.54) is 43.6 Å². The molecule has 1 aliphatic carbocycles. The lowest BCUT2D eigenvalue weighted by Gasteiger charge is -2.20. The molecule has 0 saturated heterocycles. The van der Waals surface area contributed by atoms with Gasteiger partial charge in [-0.15, -0.1) is 5.10 Å². The fourth-order valence-corrected chi connectivity index (χ4v) is 3.48. The summed E-state index contributed by atoms with van der Waals surface area (Å²) in [6, 6.07) is 10.2. The number of aromatic nitrogens is 2. The third-order valence-corrected chi connectivity index (χ3v) is 4.97. The van der Waals surface area contributed by atoms with E-state index in [2.05, 4.69) is 27.0 Å². The van der Waals surface area contributed by atoms with Crippen LogP contribution in [-0.2, 0) is 0 Å². The van der Waals surface area contributed by atoms with Crippen molar-refractivity contribution in [2.24, 2.45) is 10.9 Å². The molecule has 0 atom stereocenters. The number of nitrogens with one attached hydrogen (secondary N) is 1. The minimum absolute atomic E-state index is 0.725. The Kier molecular flexibility index (Phi) is 5.16. The van der Waals surface area contributed by atoms with Crippen molar-refractivity contribution in [3.8, 4) is 0 Å². The van der Waals surface area contributed by atoms with Crippen LogP contribution in [0.15, 0.2) is 35.3 Å². The highest BCUT2D eigenvalue weighted by molar-refractivity contribution is 7.08. The third kappa shape index (κ3) is 3.91. The lowest BCUT2D eigenvalue weighted by Crippen LogP contribution is -2.17. The van der Waals surface area contributed by atoms with Crippen molar-refractivity contribution in [3.63, 3.8) is 0 Å². The molecule has 1 N–H and O–H groups in total. The van der Waals surface area contributed by atoms with Crippen molar-refractivity contribution in [2.45, 2.75) is 39.0 Å². The summed E-state index contributed by atoms with van der Waals surface area (Å²) < 4.78 is 4.05. The number of aryl methyl sites for hydroxylation is 1. The highest BCUT2D eigenvalue weighted by Gasteiger charge is 2.15. The number of hydrogen-bond donors (Lipinski definition) is 1. The normalized spacial score (nSPS) is 16.7. The molecule has 3 rings (SSSR count). The average Bonchev–Trinajstić information content (AvgIpc) is 2.99. The molecule has 1 aromatic carbocycles. The zero-order chi connectivity index (χ0) is 15.2. The maximum Gasteiger partial charge on any atom is 0.146 e. The molecule has 0 bridgehead atoms. The molecular formula is C17H22N4S. The smallest absolute Gasteiger partial charge is 0.146 e. The van der Waals surface area contributed by atoms with Crippen molar-refractivity contribution < 1.29 is 0 Å². The second kappa shape index (κ2) is 7.49. The topological polar surface area (TPSA) is 50.2 Å². The van der Waals surface area contributed by atoms with E-state index in [1.807, 2.05) is 25.1 Å². The second-order valence-electron chi connectivity index (χ2n) is 5.87. The van der Waals surface area contributed by atoms with Crippen molar-refractivity contribution >= 4 is 23.1 Å². The maximum absolute atomic E-state index is 4.88. The van der Waals surface area contributed by atoms with Crippen molar-refractivity contribution in [1.82, 2.24) is 9.59 Å². The van der Waals surface area contributed by atoms with Crippen LogP contribution in [0.25, 0.3) is 0 Å². The predicted molar refractivity (Wildman–Crippen MR) is 92.7 cm³/mol. The zero-order valence-corrected chi connectivity index (χ0v) is 13.8. The van der Waals surface area contributed by atoms with Crippen molar-refractivity contribution in [3.05, 3.63) is 40.9 Å². The molecule has 116 valence electrons. The van der Waals surface area contributed by atoms with Crippen LogP contribution in [0.4, 0.5) is 5.69 Å². The van der Waals surface area contributed by atoms with Gasteiger partial charge in [0.2, 0.25) is 0 Å². The number of aliphatic imine (C=N–C) groups is 1. The van der Waals surface area contributed by atoms with E-state index < -0.39 is 0 Å². The van der Waals surface area contributed by atoms with Gasteiger partial charge >= 0.3 is 0 Å². The second-order valence-corrected chi connectivity index (χ2v) is 6.63. The SMILES string of the molecule is Cc1nnsc1C(=NCC1CCCCC1)Nc1ccccc1. The Bertz CT molecular complexity index is 615. The minimum atomic E-state index is 0.725. The van der Waals surface area contributed by atoms with Crippen LogP contribution in [0, 0.1) is 12.8 Å². The third-order valence-electron chi connectivity index (χ3n) is 4.14. The van der Waals surface area contributed by atoms with Gasteiger partial charge in [0.15, 0.2) is 0 Å². The summed E-state index contributed by atoms with van der Waals surface area (Å²) in [5.41, 5.74) is 1.99. The van der Waals surface area contributed by atoms with E-state index >= 15 is 0 Å².